The van der Waals surface area contributed by atoms with Gasteiger partial charge in [-0.1, -0.05) is 12.8 Å². The molecule has 3 rings (SSSR count). The van der Waals surface area contributed by atoms with Crippen molar-refractivity contribution in [1.29, 1.82) is 0 Å². The van der Waals surface area contributed by atoms with Gasteiger partial charge in [0.2, 0.25) is 5.91 Å². The monoisotopic (exact) mass is 329 g/mol. The molecule has 0 bridgehead atoms. The summed E-state index contributed by atoms with van der Waals surface area (Å²) in [6.07, 6.45) is 14.7. The fourth-order valence-corrected chi connectivity index (χ4v) is 4.38. The van der Waals surface area contributed by atoms with E-state index in [0.29, 0.717) is 5.92 Å². The lowest BCUT2D eigenvalue weighted by atomic mass is 9.77. The van der Waals surface area contributed by atoms with E-state index in [2.05, 4.69) is 35.0 Å². The summed E-state index contributed by atoms with van der Waals surface area (Å²) in [6, 6.07) is 2.12. The summed E-state index contributed by atoms with van der Waals surface area (Å²) >= 11 is 0. The molecule has 2 fully saturated rings. The van der Waals surface area contributed by atoms with E-state index in [0.717, 1.165) is 31.7 Å². The first-order valence-corrected chi connectivity index (χ1v) is 9.67. The summed E-state index contributed by atoms with van der Waals surface area (Å²) in [5, 5.41) is 0. The summed E-state index contributed by atoms with van der Waals surface area (Å²) in [5.74, 6) is 1.91. The predicted molar refractivity (Wildman–Crippen MR) is 96.4 cm³/mol. The molecule has 4 nitrogen and oxygen atoms in total. The average Bonchev–Trinajstić information content (AvgIpc) is 3.14. The highest BCUT2D eigenvalue weighted by Gasteiger charge is 2.24. The number of aromatic nitrogens is 1. The molecule has 0 unspecified atom stereocenters. The van der Waals surface area contributed by atoms with Crippen LogP contribution in [-0.2, 0) is 4.79 Å². The smallest absolute Gasteiger partial charge is 0.237 e. The Kier molecular flexibility index (Phi) is 6.24. The number of pyridine rings is 1. The molecule has 1 aromatic rings. The Hall–Kier alpha value is -1.42. The van der Waals surface area contributed by atoms with Crippen molar-refractivity contribution in [3.8, 4) is 0 Å². The molecule has 2 aliphatic carbocycles. The first-order valence-electron chi connectivity index (χ1n) is 9.67. The quantitative estimate of drug-likeness (QED) is 0.615. The number of aryl methyl sites for hydroxylation is 1. The molecule has 0 atom stereocenters. The van der Waals surface area contributed by atoms with Gasteiger partial charge in [0.05, 0.1) is 0 Å². The molecule has 1 amide bonds. The largest absolute Gasteiger partial charge is 0.291 e. The van der Waals surface area contributed by atoms with Gasteiger partial charge in [-0.05, 0) is 80.9 Å². The molecule has 4 heteroatoms. The Balaban J connectivity index is 1.32. The van der Waals surface area contributed by atoms with Crippen molar-refractivity contribution in [2.75, 3.05) is 6.54 Å². The zero-order chi connectivity index (χ0) is 16.8. The summed E-state index contributed by atoms with van der Waals surface area (Å²) in [7, 11) is 0. The molecular formula is C20H31N3O. The van der Waals surface area contributed by atoms with Gasteiger partial charge in [0.15, 0.2) is 0 Å². The fourth-order valence-electron chi connectivity index (χ4n) is 4.38. The first kappa shape index (κ1) is 17.4. The number of carbonyl (C=O) groups is 1. The lowest BCUT2D eigenvalue weighted by Gasteiger charge is -2.29. The van der Waals surface area contributed by atoms with E-state index in [1.54, 1.807) is 0 Å². The number of rotatable bonds is 6. The van der Waals surface area contributed by atoms with Crippen molar-refractivity contribution >= 4 is 5.91 Å². The van der Waals surface area contributed by atoms with Gasteiger partial charge in [-0.25, -0.2) is 5.43 Å². The molecule has 0 radical (unpaired) electrons. The summed E-state index contributed by atoms with van der Waals surface area (Å²) in [4.78, 5) is 16.2. The Bertz CT molecular complexity index is 531. The average molecular weight is 329 g/mol. The van der Waals surface area contributed by atoms with Crippen molar-refractivity contribution in [3.63, 3.8) is 0 Å². The van der Waals surface area contributed by atoms with Gasteiger partial charge in [0.25, 0.3) is 0 Å². The van der Waals surface area contributed by atoms with Crippen LogP contribution in [0.25, 0.3) is 0 Å². The van der Waals surface area contributed by atoms with Crippen molar-refractivity contribution in [2.45, 2.75) is 70.6 Å². The van der Waals surface area contributed by atoms with Crippen LogP contribution in [0.5, 0.6) is 0 Å². The molecular weight excluding hydrogens is 298 g/mol. The molecule has 132 valence electrons. The van der Waals surface area contributed by atoms with Gasteiger partial charge in [0, 0.05) is 24.9 Å². The number of hydrogen-bond acceptors (Lipinski definition) is 3. The maximum Gasteiger partial charge on any atom is 0.237 e. The van der Waals surface area contributed by atoms with Crippen LogP contribution in [0.2, 0.25) is 0 Å². The zero-order valence-corrected chi connectivity index (χ0v) is 14.9. The van der Waals surface area contributed by atoms with E-state index in [9.17, 15) is 4.79 Å². The SMILES string of the molecule is Cc1ccncc1C1CCC(CCNNC(=O)C2CCCC2)CC1. The highest BCUT2D eigenvalue weighted by atomic mass is 16.2. The van der Waals surface area contributed by atoms with Crippen LogP contribution in [0, 0.1) is 18.8 Å². The third kappa shape index (κ3) is 4.56. The van der Waals surface area contributed by atoms with Crippen LogP contribution >= 0.6 is 0 Å². The maximum atomic E-state index is 11.9. The molecule has 2 saturated carbocycles. The van der Waals surface area contributed by atoms with Crippen LogP contribution < -0.4 is 10.9 Å². The topological polar surface area (TPSA) is 54.0 Å². The van der Waals surface area contributed by atoms with Gasteiger partial charge in [-0.15, -0.1) is 0 Å². The van der Waals surface area contributed by atoms with Gasteiger partial charge >= 0.3 is 0 Å². The minimum Gasteiger partial charge on any atom is -0.291 e. The third-order valence-electron chi connectivity index (χ3n) is 5.98. The van der Waals surface area contributed by atoms with Gasteiger partial charge in [-0.3, -0.25) is 15.2 Å². The van der Waals surface area contributed by atoms with E-state index in [4.69, 9.17) is 0 Å². The molecule has 0 aliphatic heterocycles. The lowest BCUT2D eigenvalue weighted by Crippen LogP contribution is -2.41. The number of nitrogens with zero attached hydrogens (tertiary/aromatic N) is 1. The fraction of sp³-hybridized carbons (Fsp3) is 0.700. The predicted octanol–water partition coefficient (Wildman–Crippen LogP) is 3.86. The van der Waals surface area contributed by atoms with Gasteiger partial charge in [-0.2, -0.15) is 0 Å². The molecule has 0 saturated heterocycles. The van der Waals surface area contributed by atoms with E-state index in [-0.39, 0.29) is 11.8 Å². The number of hydrazine groups is 1. The van der Waals surface area contributed by atoms with Crippen molar-refractivity contribution in [3.05, 3.63) is 29.6 Å². The zero-order valence-electron chi connectivity index (χ0n) is 14.9. The number of hydrogen-bond donors (Lipinski definition) is 2. The van der Waals surface area contributed by atoms with Crippen LogP contribution in [-0.4, -0.2) is 17.4 Å². The van der Waals surface area contributed by atoms with Crippen LogP contribution in [0.1, 0.15) is 74.8 Å². The molecule has 24 heavy (non-hydrogen) atoms. The van der Waals surface area contributed by atoms with Gasteiger partial charge in [0.1, 0.15) is 0 Å². The van der Waals surface area contributed by atoms with Gasteiger partial charge < -0.3 is 0 Å². The molecule has 2 aliphatic rings. The highest BCUT2D eigenvalue weighted by Crippen LogP contribution is 2.37. The Morgan fingerprint density at radius 2 is 1.92 bits per heavy atom. The second-order valence-corrected chi connectivity index (χ2v) is 7.64. The number of nitrogens with one attached hydrogen (secondary N) is 2. The van der Waals surface area contributed by atoms with Crippen molar-refractivity contribution < 1.29 is 4.79 Å². The van der Waals surface area contributed by atoms with Crippen LogP contribution in [0.15, 0.2) is 18.5 Å². The third-order valence-corrected chi connectivity index (χ3v) is 5.98. The summed E-state index contributed by atoms with van der Waals surface area (Å²) < 4.78 is 0. The Morgan fingerprint density at radius 1 is 1.17 bits per heavy atom. The molecule has 0 aromatic carbocycles. The second-order valence-electron chi connectivity index (χ2n) is 7.64. The normalized spacial score (nSPS) is 24.9. The number of amides is 1. The van der Waals surface area contributed by atoms with E-state index < -0.39 is 0 Å². The second kappa shape index (κ2) is 8.61. The van der Waals surface area contributed by atoms with Crippen molar-refractivity contribution in [2.24, 2.45) is 11.8 Å². The van der Waals surface area contributed by atoms with E-state index in [1.807, 2.05) is 6.20 Å². The standard InChI is InChI=1S/C20H31N3O/c1-15-10-12-21-14-19(15)17-8-6-16(7-9-17)11-13-22-23-20(24)18-4-2-3-5-18/h10,12,14,16-18,22H,2-9,11,13H2,1H3,(H,23,24). The maximum absolute atomic E-state index is 11.9. The minimum absolute atomic E-state index is 0.197. The Morgan fingerprint density at radius 3 is 2.62 bits per heavy atom. The van der Waals surface area contributed by atoms with Crippen LogP contribution in [0.4, 0.5) is 0 Å². The van der Waals surface area contributed by atoms with E-state index in [1.165, 1.54) is 49.7 Å². The molecule has 1 aromatic heterocycles. The molecule has 2 N–H and O–H groups in total. The first-order chi connectivity index (χ1) is 11.7. The lowest BCUT2D eigenvalue weighted by molar-refractivity contribution is -0.125. The molecule has 1 heterocycles. The van der Waals surface area contributed by atoms with Crippen molar-refractivity contribution in [1.82, 2.24) is 15.8 Å². The summed E-state index contributed by atoms with van der Waals surface area (Å²) in [6.45, 7) is 3.08. The van der Waals surface area contributed by atoms with E-state index >= 15 is 0 Å². The molecule has 0 spiro atoms. The summed E-state index contributed by atoms with van der Waals surface area (Å²) in [5.41, 5.74) is 8.88. The highest BCUT2D eigenvalue weighted by molar-refractivity contribution is 5.78. The minimum atomic E-state index is 0.197. The Labute approximate surface area is 145 Å². The van der Waals surface area contributed by atoms with Crippen LogP contribution in [0.3, 0.4) is 0 Å². The number of carbonyl (C=O) groups excluding carboxylic acids is 1.